The lowest BCUT2D eigenvalue weighted by Crippen LogP contribution is -2.18. The predicted octanol–water partition coefficient (Wildman–Crippen LogP) is 4.92. The summed E-state index contributed by atoms with van der Waals surface area (Å²) in [6.07, 6.45) is 3.80. The predicted molar refractivity (Wildman–Crippen MR) is 107 cm³/mol. The first kappa shape index (κ1) is 17.9. The second-order valence-corrected chi connectivity index (χ2v) is 7.56. The Balaban J connectivity index is 1.63. The summed E-state index contributed by atoms with van der Waals surface area (Å²) in [4.78, 5) is 30.0. The highest BCUT2D eigenvalue weighted by atomic mass is 79.9. The number of pyridine rings is 1. The molecule has 5 heteroatoms. The van der Waals surface area contributed by atoms with Crippen LogP contribution in [0.25, 0.3) is 10.9 Å². The Hall–Kier alpha value is -2.53. The van der Waals surface area contributed by atoms with Crippen LogP contribution in [0.1, 0.15) is 44.8 Å². The van der Waals surface area contributed by atoms with E-state index in [1.807, 2.05) is 30.3 Å². The van der Waals surface area contributed by atoms with Crippen molar-refractivity contribution in [1.29, 1.82) is 0 Å². The van der Waals surface area contributed by atoms with E-state index in [2.05, 4.69) is 15.9 Å². The average molecular weight is 424 g/mol. The van der Waals surface area contributed by atoms with E-state index in [1.54, 1.807) is 18.2 Å². The zero-order chi connectivity index (χ0) is 18.8. The number of aryl methyl sites for hydroxylation is 1. The molecule has 1 aliphatic rings. The van der Waals surface area contributed by atoms with Gasteiger partial charge in [0.15, 0.2) is 12.4 Å². The molecule has 0 spiro atoms. The fourth-order valence-electron chi connectivity index (χ4n) is 3.55. The van der Waals surface area contributed by atoms with Crippen molar-refractivity contribution in [3.8, 4) is 0 Å². The number of fused-ring (bicyclic) bond motifs is 2. The topological polar surface area (TPSA) is 56.3 Å². The molecule has 0 atom stereocenters. The quantitative estimate of drug-likeness (QED) is 0.441. The van der Waals surface area contributed by atoms with Gasteiger partial charge in [0.2, 0.25) is 0 Å². The van der Waals surface area contributed by atoms with Crippen LogP contribution in [0.2, 0.25) is 0 Å². The van der Waals surface area contributed by atoms with Crippen molar-refractivity contribution in [2.24, 2.45) is 0 Å². The number of esters is 1. The maximum absolute atomic E-state index is 12.9. The molecule has 4 nitrogen and oxygen atoms in total. The minimum Gasteiger partial charge on any atom is -0.454 e. The third kappa shape index (κ3) is 3.65. The summed E-state index contributed by atoms with van der Waals surface area (Å²) in [5.74, 6) is -0.674. The number of aromatic nitrogens is 1. The lowest BCUT2D eigenvalue weighted by atomic mass is 9.90. The van der Waals surface area contributed by atoms with Gasteiger partial charge in [0.05, 0.1) is 11.1 Å². The first-order chi connectivity index (χ1) is 13.1. The Labute approximate surface area is 165 Å². The third-order valence-electron chi connectivity index (χ3n) is 4.85. The average Bonchev–Trinajstić information content (AvgIpc) is 2.70. The highest BCUT2D eigenvalue weighted by molar-refractivity contribution is 9.10. The molecule has 0 aliphatic heterocycles. The molecule has 27 heavy (non-hydrogen) atoms. The molecular formula is C22H18BrNO3. The summed E-state index contributed by atoms with van der Waals surface area (Å²) in [5.41, 5.74) is 3.82. The van der Waals surface area contributed by atoms with Crippen LogP contribution in [0.4, 0.5) is 0 Å². The molecule has 3 aromatic rings. The molecule has 4 rings (SSSR count). The molecule has 2 aromatic carbocycles. The van der Waals surface area contributed by atoms with E-state index >= 15 is 0 Å². The molecule has 1 aromatic heterocycles. The third-order valence-corrected chi connectivity index (χ3v) is 5.35. The smallest absolute Gasteiger partial charge is 0.339 e. The number of carbonyl (C=O) groups excluding carboxylic acids is 2. The van der Waals surface area contributed by atoms with Crippen molar-refractivity contribution in [2.75, 3.05) is 6.61 Å². The number of hydrogen-bond acceptors (Lipinski definition) is 4. The number of benzene rings is 2. The van der Waals surface area contributed by atoms with Crippen LogP contribution >= 0.6 is 15.9 Å². The molecule has 1 heterocycles. The highest BCUT2D eigenvalue weighted by Gasteiger charge is 2.24. The van der Waals surface area contributed by atoms with Gasteiger partial charge in [0.25, 0.3) is 0 Å². The number of halogens is 1. The Bertz CT molecular complexity index is 1040. The molecule has 1 aliphatic carbocycles. The van der Waals surface area contributed by atoms with Gasteiger partial charge in [-0.05, 0) is 49.4 Å². The zero-order valence-corrected chi connectivity index (χ0v) is 16.3. The lowest BCUT2D eigenvalue weighted by molar-refractivity contribution is 0.0475. The fourth-order valence-corrected chi connectivity index (χ4v) is 3.95. The Morgan fingerprint density at radius 2 is 1.85 bits per heavy atom. The minimum absolute atomic E-state index is 0.225. The van der Waals surface area contributed by atoms with Crippen LogP contribution in [0.5, 0.6) is 0 Å². The Morgan fingerprint density at radius 1 is 1.04 bits per heavy atom. The number of Topliss-reactive ketones (excluding diaryl/α,β-unsaturated/α-hetero) is 1. The van der Waals surface area contributed by atoms with Crippen LogP contribution in [0.3, 0.4) is 0 Å². The molecule has 0 amide bonds. The molecule has 136 valence electrons. The van der Waals surface area contributed by atoms with Gasteiger partial charge < -0.3 is 4.74 Å². The van der Waals surface area contributed by atoms with Gasteiger partial charge in [-0.3, -0.25) is 9.78 Å². The van der Waals surface area contributed by atoms with Gasteiger partial charge in [0, 0.05) is 21.1 Å². The molecule has 0 N–H and O–H groups in total. The first-order valence-corrected chi connectivity index (χ1v) is 9.79. The standard InChI is InChI=1S/C22H18BrNO3/c23-15-7-5-6-14(12-15)20(25)13-27-22(26)21-16-8-1-3-10-18(16)24-19-11-4-2-9-17(19)21/h1,3,5-8,10,12H,2,4,9,11,13H2. The maximum atomic E-state index is 12.9. The number of nitrogens with zero attached hydrogens (tertiary/aromatic N) is 1. The van der Waals surface area contributed by atoms with E-state index in [0.717, 1.165) is 52.3 Å². The second kappa shape index (κ2) is 7.61. The van der Waals surface area contributed by atoms with Crippen molar-refractivity contribution >= 4 is 38.6 Å². The van der Waals surface area contributed by atoms with Crippen molar-refractivity contribution in [3.63, 3.8) is 0 Å². The number of ether oxygens (including phenoxy) is 1. The van der Waals surface area contributed by atoms with Crippen LogP contribution in [-0.2, 0) is 17.6 Å². The van der Waals surface area contributed by atoms with Crippen LogP contribution in [0.15, 0.2) is 53.0 Å². The van der Waals surface area contributed by atoms with Gasteiger partial charge in [-0.1, -0.05) is 46.3 Å². The summed E-state index contributed by atoms with van der Waals surface area (Å²) in [6, 6.07) is 14.7. The number of rotatable bonds is 4. The minimum atomic E-state index is -0.449. The monoisotopic (exact) mass is 423 g/mol. The van der Waals surface area contributed by atoms with E-state index in [-0.39, 0.29) is 12.4 Å². The normalized spacial score (nSPS) is 13.2. The molecule has 0 saturated carbocycles. The van der Waals surface area contributed by atoms with Crippen molar-refractivity contribution in [1.82, 2.24) is 4.98 Å². The zero-order valence-electron chi connectivity index (χ0n) is 14.7. The summed E-state index contributed by atoms with van der Waals surface area (Å²) in [7, 11) is 0. The van der Waals surface area contributed by atoms with E-state index in [1.165, 1.54) is 0 Å². The van der Waals surface area contributed by atoms with Crippen molar-refractivity contribution in [2.45, 2.75) is 25.7 Å². The Morgan fingerprint density at radius 3 is 2.70 bits per heavy atom. The first-order valence-electron chi connectivity index (χ1n) is 9.00. The Kier molecular flexibility index (Phi) is 5.03. The molecule has 0 saturated heterocycles. The maximum Gasteiger partial charge on any atom is 0.339 e. The van der Waals surface area contributed by atoms with Crippen LogP contribution in [-0.4, -0.2) is 23.3 Å². The van der Waals surface area contributed by atoms with Gasteiger partial charge >= 0.3 is 5.97 Å². The molecule has 0 unspecified atom stereocenters. The van der Waals surface area contributed by atoms with Gasteiger partial charge in [0.1, 0.15) is 0 Å². The van der Waals surface area contributed by atoms with E-state index in [0.29, 0.717) is 11.1 Å². The van der Waals surface area contributed by atoms with Crippen LogP contribution in [0, 0.1) is 0 Å². The number of carbonyl (C=O) groups is 2. The van der Waals surface area contributed by atoms with Crippen LogP contribution < -0.4 is 0 Å². The largest absolute Gasteiger partial charge is 0.454 e. The fraction of sp³-hybridized carbons (Fsp3) is 0.227. The number of para-hydroxylation sites is 1. The molecule has 0 fully saturated rings. The van der Waals surface area contributed by atoms with E-state index in [9.17, 15) is 9.59 Å². The van der Waals surface area contributed by atoms with Crippen molar-refractivity contribution in [3.05, 3.63) is 75.4 Å². The van der Waals surface area contributed by atoms with E-state index in [4.69, 9.17) is 9.72 Å². The van der Waals surface area contributed by atoms with Crippen molar-refractivity contribution < 1.29 is 14.3 Å². The molecule has 0 bridgehead atoms. The highest BCUT2D eigenvalue weighted by Crippen LogP contribution is 2.29. The number of hydrogen-bond donors (Lipinski definition) is 0. The lowest BCUT2D eigenvalue weighted by Gasteiger charge is -2.19. The summed E-state index contributed by atoms with van der Waals surface area (Å²) in [5, 5.41) is 0.790. The SMILES string of the molecule is O=C(COC(=O)c1c2c(nc3ccccc13)CCCC2)c1cccc(Br)c1. The second-order valence-electron chi connectivity index (χ2n) is 6.65. The van der Waals surface area contributed by atoms with Gasteiger partial charge in [-0.15, -0.1) is 0 Å². The molecular weight excluding hydrogens is 406 g/mol. The molecule has 0 radical (unpaired) electrons. The number of ketones is 1. The van der Waals surface area contributed by atoms with Gasteiger partial charge in [-0.2, -0.15) is 0 Å². The summed E-state index contributed by atoms with van der Waals surface area (Å²) < 4.78 is 6.24. The van der Waals surface area contributed by atoms with Gasteiger partial charge in [-0.25, -0.2) is 4.79 Å². The van der Waals surface area contributed by atoms with E-state index < -0.39 is 5.97 Å². The summed E-state index contributed by atoms with van der Waals surface area (Å²) in [6.45, 7) is -0.277. The summed E-state index contributed by atoms with van der Waals surface area (Å²) >= 11 is 3.35.